The molecule has 1 aliphatic rings. The van der Waals surface area contributed by atoms with Gasteiger partial charge in [0.25, 0.3) is 5.56 Å². The molecule has 1 aliphatic heterocycles. The fraction of sp³-hybridized carbons (Fsp3) is 0.333. The molecule has 0 saturated carbocycles. The molecule has 162 valence electrons. The van der Waals surface area contributed by atoms with Crippen molar-refractivity contribution in [1.82, 2.24) is 19.8 Å². The van der Waals surface area contributed by atoms with Crippen molar-refractivity contribution in [2.24, 2.45) is 0 Å². The van der Waals surface area contributed by atoms with Crippen molar-refractivity contribution >= 4 is 17.0 Å². The Bertz CT molecular complexity index is 1100. The lowest BCUT2D eigenvalue weighted by atomic mass is 10.2. The molecule has 1 N–H and O–H groups in total. The van der Waals surface area contributed by atoms with Gasteiger partial charge in [-0.2, -0.15) is 0 Å². The maximum atomic E-state index is 12.6. The molecule has 0 atom stereocenters. The highest BCUT2D eigenvalue weighted by atomic mass is 16.5. The minimum atomic E-state index is -0.161. The first-order valence-electron chi connectivity index (χ1n) is 10.5. The molecule has 0 radical (unpaired) electrons. The minimum Gasteiger partial charge on any atom is -0.493 e. The van der Waals surface area contributed by atoms with Gasteiger partial charge in [0.15, 0.2) is 11.5 Å². The van der Waals surface area contributed by atoms with Gasteiger partial charge in [0.05, 0.1) is 31.7 Å². The predicted molar refractivity (Wildman–Crippen MR) is 123 cm³/mol. The Balaban J connectivity index is 1.37. The molecule has 0 bridgehead atoms. The largest absolute Gasteiger partial charge is 0.493 e. The van der Waals surface area contributed by atoms with Crippen molar-refractivity contribution in [3.05, 3.63) is 70.3 Å². The molecule has 1 saturated heterocycles. The van der Waals surface area contributed by atoms with Crippen LogP contribution in [0.1, 0.15) is 11.4 Å². The monoisotopic (exact) mass is 420 g/mol. The van der Waals surface area contributed by atoms with E-state index >= 15 is 0 Å². The summed E-state index contributed by atoms with van der Waals surface area (Å²) in [5.74, 6) is 1.76. The molecule has 2 heterocycles. The van der Waals surface area contributed by atoms with Crippen LogP contribution in [0, 0.1) is 0 Å². The molecule has 31 heavy (non-hydrogen) atoms. The Morgan fingerprint density at radius 3 is 2.39 bits per heavy atom. The zero-order chi connectivity index (χ0) is 21.6. The first-order chi connectivity index (χ1) is 15.2. The van der Waals surface area contributed by atoms with Gasteiger partial charge in [-0.25, -0.2) is 4.98 Å². The van der Waals surface area contributed by atoms with Crippen LogP contribution in [-0.4, -0.2) is 66.7 Å². The zero-order valence-electron chi connectivity index (χ0n) is 18.0. The van der Waals surface area contributed by atoms with E-state index in [0.717, 1.165) is 32.7 Å². The highest BCUT2D eigenvalue weighted by molar-refractivity contribution is 5.81. The summed E-state index contributed by atoms with van der Waals surface area (Å²) < 4.78 is 10.6. The number of benzene rings is 2. The number of piperazine rings is 1. The number of ether oxygens (including phenoxy) is 2. The summed E-state index contributed by atoms with van der Waals surface area (Å²) in [6.45, 7) is 5.41. The van der Waals surface area contributed by atoms with Gasteiger partial charge in [-0.1, -0.05) is 42.5 Å². The first kappa shape index (κ1) is 21.1. The summed E-state index contributed by atoms with van der Waals surface area (Å²) in [6, 6.07) is 13.8. The van der Waals surface area contributed by atoms with E-state index in [2.05, 4.69) is 56.2 Å². The molecule has 4 rings (SSSR count). The average molecular weight is 421 g/mol. The Morgan fingerprint density at radius 1 is 1.00 bits per heavy atom. The van der Waals surface area contributed by atoms with E-state index in [1.807, 2.05) is 6.07 Å². The van der Waals surface area contributed by atoms with Crippen molar-refractivity contribution in [2.45, 2.75) is 6.54 Å². The summed E-state index contributed by atoms with van der Waals surface area (Å²) in [7, 11) is 3.13. The molecule has 7 heteroatoms. The van der Waals surface area contributed by atoms with Crippen molar-refractivity contribution in [3.8, 4) is 11.5 Å². The number of methoxy groups -OCH3 is 2. The van der Waals surface area contributed by atoms with Crippen LogP contribution in [0.3, 0.4) is 0 Å². The zero-order valence-corrected chi connectivity index (χ0v) is 18.0. The third kappa shape index (κ3) is 5.13. The molecule has 0 spiro atoms. The summed E-state index contributed by atoms with van der Waals surface area (Å²) in [4.78, 5) is 24.9. The molecule has 2 aromatic carbocycles. The van der Waals surface area contributed by atoms with Crippen LogP contribution in [0.4, 0.5) is 0 Å². The van der Waals surface area contributed by atoms with Gasteiger partial charge in [-0.15, -0.1) is 0 Å². The van der Waals surface area contributed by atoms with Gasteiger partial charge in [-0.3, -0.25) is 14.6 Å². The third-order valence-corrected chi connectivity index (χ3v) is 5.57. The number of H-pyrrole nitrogens is 1. The molecular formula is C24H28N4O3. The molecule has 7 nitrogen and oxygen atoms in total. The molecular weight excluding hydrogens is 392 g/mol. The lowest BCUT2D eigenvalue weighted by Gasteiger charge is -2.33. The van der Waals surface area contributed by atoms with Crippen LogP contribution >= 0.6 is 0 Å². The van der Waals surface area contributed by atoms with Gasteiger partial charge < -0.3 is 14.5 Å². The van der Waals surface area contributed by atoms with Crippen LogP contribution in [0.25, 0.3) is 17.0 Å². The van der Waals surface area contributed by atoms with Gasteiger partial charge in [0.1, 0.15) is 5.82 Å². The van der Waals surface area contributed by atoms with Crippen molar-refractivity contribution < 1.29 is 9.47 Å². The predicted octanol–water partition coefficient (Wildman–Crippen LogP) is 2.77. The summed E-state index contributed by atoms with van der Waals surface area (Å²) >= 11 is 0. The first-order valence-corrected chi connectivity index (χ1v) is 10.5. The van der Waals surface area contributed by atoms with Gasteiger partial charge in [0, 0.05) is 38.8 Å². The molecule has 1 fully saturated rings. The Labute approximate surface area is 181 Å². The SMILES string of the molecule is COc1cc2nc(CN3CCN(C/C=C/c4ccccc4)CC3)[nH]c(=O)c2cc1OC. The maximum absolute atomic E-state index is 12.6. The lowest BCUT2D eigenvalue weighted by molar-refractivity contribution is 0.134. The second-order valence-corrected chi connectivity index (χ2v) is 7.63. The third-order valence-electron chi connectivity index (χ3n) is 5.57. The van der Waals surface area contributed by atoms with Crippen molar-refractivity contribution in [2.75, 3.05) is 46.9 Å². The van der Waals surface area contributed by atoms with E-state index in [1.165, 1.54) is 5.56 Å². The maximum Gasteiger partial charge on any atom is 0.258 e. The van der Waals surface area contributed by atoms with Crippen molar-refractivity contribution in [1.29, 1.82) is 0 Å². The van der Waals surface area contributed by atoms with E-state index < -0.39 is 0 Å². The summed E-state index contributed by atoms with van der Waals surface area (Å²) in [5, 5.41) is 0.497. The second kappa shape index (κ2) is 9.76. The highest BCUT2D eigenvalue weighted by Crippen LogP contribution is 2.29. The second-order valence-electron chi connectivity index (χ2n) is 7.63. The Morgan fingerprint density at radius 2 is 1.68 bits per heavy atom. The van der Waals surface area contributed by atoms with Crippen LogP contribution < -0.4 is 15.0 Å². The lowest BCUT2D eigenvalue weighted by Crippen LogP contribution is -2.46. The Kier molecular flexibility index (Phi) is 6.64. The fourth-order valence-corrected chi connectivity index (χ4v) is 3.83. The average Bonchev–Trinajstić information content (AvgIpc) is 2.80. The van der Waals surface area contributed by atoms with E-state index in [-0.39, 0.29) is 5.56 Å². The highest BCUT2D eigenvalue weighted by Gasteiger charge is 2.18. The number of hydrogen-bond donors (Lipinski definition) is 1. The fourth-order valence-electron chi connectivity index (χ4n) is 3.83. The number of hydrogen-bond acceptors (Lipinski definition) is 6. The van der Waals surface area contributed by atoms with Crippen molar-refractivity contribution in [3.63, 3.8) is 0 Å². The van der Waals surface area contributed by atoms with Crippen LogP contribution in [-0.2, 0) is 6.54 Å². The number of aromatic amines is 1. The quantitative estimate of drug-likeness (QED) is 0.634. The summed E-state index contributed by atoms with van der Waals surface area (Å²) in [6.07, 6.45) is 4.38. The molecule has 0 unspecified atom stereocenters. The van der Waals surface area contributed by atoms with Gasteiger partial charge in [-0.05, 0) is 11.6 Å². The van der Waals surface area contributed by atoms with E-state index in [4.69, 9.17) is 9.47 Å². The minimum absolute atomic E-state index is 0.161. The number of nitrogens with one attached hydrogen (secondary N) is 1. The summed E-state index contributed by atoms with van der Waals surface area (Å²) in [5.41, 5.74) is 1.67. The van der Waals surface area contributed by atoms with E-state index in [9.17, 15) is 4.79 Å². The topological polar surface area (TPSA) is 70.7 Å². The van der Waals surface area contributed by atoms with Gasteiger partial charge in [0.2, 0.25) is 0 Å². The van der Waals surface area contributed by atoms with Crippen LogP contribution in [0.2, 0.25) is 0 Å². The van der Waals surface area contributed by atoms with E-state index in [1.54, 1.807) is 26.4 Å². The number of fused-ring (bicyclic) bond motifs is 1. The number of aromatic nitrogens is 2. The standard InChI is InChI=1S/C24H28N4O3/c1-30-21-15-19-20(16-22(21)31-2)25-23(26-24(19)29)17-28-13-11-27(12-14-28)10-6-9-18-7-4-3-5-8-18/h3-9,15-16H,10-14,17H2,1-2H3,(H,25,26,29)/b9-6+. The molecule has 1 aromatic heterocycles. The molecule has 0 amide bonds. The van der Waals surface area contributed by atoms with E-state index in [0.29, 0.717) is 34.8 Å². The molecule has 3 aromatic rings. The van der Waals surface area contributed by atoms with Crippen LogP contribution in [0.5, 0.6) is 11.5 Å². The number of nitrogens with zero attached hydrogens (tertiary/aromatic N) is 3. The number of rotatable bonds is 7. The van der Waals surface area contributed by atoms with Gasteiger partial charge >= 0.3 is 0 Å². The smallest absolute Gasteiger partial charge is 0.258 e. The molecule has 0 aliphatic carbocycles. The Hall–Kier alpha value is -3.16. The normalized spacial score (nSPS) is 15.5. The van der Waals surface area contributed by atoms with Crippen LogP contribution in [0.15, 0.2) is 53.3 Å².